The zero-order valence-electron chi connectivity index (χ0n) is 17.5. The molecule has 0 heterocycles. The summed E-state index contributed by atoms with van der Waals surface area (Å²) in [4.78, 5) is 11.4. The number of ether oxygens (including phenoxy) is 1. The van der Waals surface area contributed by atoms with E-state index in [9.17, 15) is 15.0 Å². The number of rotatable bonds is 11. The topological polar surface area (TPSA) is 66.8 Å². The molecule has 0 saturated carbocycles. The number of phenols is 1. The van der Waals surface area contributed by atoms with Crippen molar-refractivity contribution in [1.29, 1.82) is 0 Å². The summed E-state index contributed by atoms with van der Waals surface area (Å²) in [6.07, 6.45) is 10.5. The molecule has 0 aliphatic rings. The summed E-state index contributed by atoms with van der Waals surface area (Å²) in [6.45, 7) is 8.80. The van der Waals surface area contributed by atoms with E-state index in [0.717, 1.165) is 44.1 Å². The molecule has 4 heteroatoms. The molecule has 1 rings (SSSR count). The smallest absolute Gasteiger partial charge is 0.341 e. The number of aliphatic hydroxyl groups is 1. The highest BCUT2D eigenvalue weighted by atomic mass is 16.5. The molecule has 0 fully saturated rings. The van der Waals surface area contributed by atoms with Crippen LogP contribution < -0.4 is 0 Å². The first-order chi connectivity index (χ1) is 13.0. The monoisotopic (exact) mass is 378 g/mol. The number of hydrogen-bond donors (Lipinski definition) is 2. The molecular weight excluding hydrogens is 340 g/mol. The van der Waals surface area contributed by atoms with Crippen LogP contribution in [-0.4, -0.2) is 28.9 Å². The lowest BCUT2D eigenvalue weighted by Gasteiger charge is -2.10. The minimum absolute atomic E-state index is 0.0296. The molecule has 0 aliphatic carbocycles. The molecule has 0 saturated heterocycles. The quantitative estimate of drug-likeness (QED) is 0.280. The molecule has 0 aromatic heterocycles. The molecular formula is C23H38O4. The maximum atomic E-state index is 11.4. The van der Waals surface area contributed by atoms with Crippen molar-refractivity contribution in [3.63, 3.8) is 0 Å². The molecule has 1 atom stereocenters. The summed E-state index contributed by atoms with van der Waals surface area (Å²) < 4.78 is 5.01. The van der Waals surface area contributed by atoms with E-state index in [-0.39, 0.29) is 17.4 Å². The Bertz CT molecular complexity index is 537. The van der Waals surface area contributed by atoms with Gasteiger partial charge in [0.05, 0.1) is 12.7 Å². The number of esters is 1. The van der Waals surface area contributed by atoms with Gasteiger partial charge >= 0.3 is 5.97 Å². The Balaban J connectivity index is 0.000000516. The molecule has 4 nitrogen and oxygen atoms in total. The van der Waals surface area contributed by atoms with Crippen molar-refractivity contribution >= 4 is 5.97 Å². The summed E-state index contributed by atoms with van der Waals surface area (Å²) in [5.74, 6) is -0.484. The third kappa shape index (κ3) is 12.2. The largest absolute Gasteiger partial charge is 0.507 e. The van der Waals surface area contributed by atoms with Crippen LogP contribution in [0.1, 0.15) is 89.4 Å². The van der Waals surface area contributed by atoms with Gasteiger partial charge in [-0.25, -0.2) is 4.79 Å². The predicted octanol–water partition coefficient (Wildman–Crippen LogP) is 6.02. The molecule has 0 amide bonds. The number of carbonyl (C=O) groups is 1. The fourth-order valence-electron chi connectivity index (χ4n) is 2.51. The summed E-state index contributed by atoms with van der Waals surface area (Å²) in [5.41, 5.74) is 1.36. The highest BCUT2D eigenvalue weighted by molar-refractivity contribution is 5.92. The van der Waals surface area contributed by atoms with E-state index >= 15 is 0 Å². The molecule has 1 aromatic carbocycles. The van der Waals surface area contributed by atoms with E-state index in [1.54, 1.807) is 18.2 Å². The Labute approximate surface area is 165 Å². The summed E-state index contributed by atoms with van der Waals surface area (Å²) in [6, 6.07) is 6.39. The van der Waals surface area contributed by atoms with Gasteiger partial charge in [0.15, 0.2) is 0 Å². The highest BCUT2D eigenvalue weighted by Gasteiger charge is 2.10. The molecule has 27 heavy (non-hydrogen) atoms. The van der Waals surface area contributed by atoms with Crippen LogP contribution >= 0.6 is 0 Å². The van der Waals surface area contributed by atoms with E-state index in [1.807, 2.05) is 6.92 Å². The van der Waals surface area contributed by atoms with Gasteiger partial charge in [0, 0.05) is 0 Å². The first kappa shape index (κ1) is 25.2. The van der Waals surface area contributed by atoms with Crippen LogP contribution in [0.4, 0.5) is 0 Å². The number of aliphatic hydroxyl groups excluding tert-OH is 1. The SMILES string of the molecule is CC/C=C(\C)C(O)CCCCC.CCCCCOC(=O)c1ccccc1O. The van der Waals surface area contributed by atoms with Crippen molar-refractivity contribution in [2.24, 2.45) is 0 Å². The van der Waals surface area contributed by atoms with E-state index in [4.69, 9.17) is 4.74 Å². The zero-order valence-corrected chi connectivity index (χ0v) is 17.5. The lowest BCUT2D eigenvalue weighted by molar-refractivity contribution is 0.0495. The van der Waals surface area contributed by atoms with Crippen molar-refractivity contribution in [2.75, 3.05) is 6.61 Å². The Hall–Kier alpha value is -1.81. The lowest BCUT2D eigenvalue weighted by Crippen LogP contribution is -2.07. The van der Waals surface area contributed by atoms with Gasteiger partial charge in [-0.3, -0.25) is 0 Å². The number of unbranched alkanes of at least 4 members (excludes halogenated alkanes) is 4. The van der Waals surface area contributed by atoms with Gasteiger partial charge < -0.3 is 14.9 Å². The van der Waals surface area contributed by atoms with E-state index in [0.29, 0.717) is 6.61 Å². The van der Waals surface area contributed by atoms with Gasteiger partial charge in [0.1, 0.15) is 11.3 Å². The summed E-state index contributed by atoms with van der Waals surface area (Å²) in [7, 11) is 0. The van der Waals surface area contributed by atoms with Gasteiger partial charge in [-0.15, -0.1) is 0 Å². The molecule has 2 N–H and O–H groups in total. The van der Waals surface area contributed by atoms with Crippen molar-refractivity contribution in [3.8, 4) is 5.75 Å². The summed E-state index contributed by atoms with van der Waals surface area (Å²) in [5, 5.41) is 19.0. The predicted molar refractivity (Wildman–Crippen MR) is 112 cm³/mol. The average Bonchev–Trinajstić information content (AvgIpc) is 2.66. The third-order valence-electron chi connectivity index (χ3n) is 4.24. The second-order valence-corrected chi connectivity index (χ2v) is 6.73. The number of phenolic OH excluding ortho intramolecular Hbond substituents is 1. The van der Waals surface area contributed by atoms with Gasteiger partial charge in [0.25, 0.3) is 0 Å². The Kier molecular flexibility index (Phi) is 15.3. The standard InChI is InChI=1S/C12H16O3.C11H22O/c1-2-3-6-9-15-12(14)10-7-4-5-8-11(10)13;1-4-6-7-9-11(12)10(3)8-5-2/h4-5,7-8,13H,2-3,6,9H2,1H3;8,11-12H,4-7,9H2,1-3H3/b;10-8+. The minimum atomic E-state index is -0.454. The number of carbonyl (C=O) groups excluding carboxylic acids is 1. The van der Waals surface area contributed by atoms with E-state index in [2.05, 4.69) is 26.8 Å². The fraction of sp³-hybridized carbons (Fsp3) is 0.609. The number of aromatic hydroxyl groups is 1. The second kappa shape index (κ2) is 16.4. The van der Waals surface area contributed by atoms with Crippen LogP contribution in [0.2, 0.25) is 0 Å². The normalized spacial score (nSPS) is 12.1. The molecule has 154 valence electrons. The zero-order chi connectivity index (χ0) is 20.5. The highest BCUT2D eigenvalue weighted by Crippen LogP contribution is 2.16. The van der Waals surface area contributed by atoms with Crippen molar-refractivity contribution in [2.45, 2.75) is 85.2 Å². The number of hydrogen-bond acceptors (Lipinski definition) is 4. The Morgan fingerprint density at radius 3 is 2.30 bits per heavy atom. The van der Waals surface area contributed by atoms with Crippen LogP contribution in [-0.2, 0) is 4.74 Å². The third-order valence-corrected chi connectivity index (χ3v) is 4.24. The molecule has 0 aliphatic heterocycles. The van der Waals surface area contributed by atoms with Crippen LogP contribution in [0.15, 0.2) is 35.9 Å². The van der Waals surface area contributed by atoms with Crippen molar-refractivity contribution in [3.05, 3.63) is 41.5 Å². The molecule has 0 spiro atoms. The first-order valence-corrected chi connectivity index (χ1v) is 10.3. The molecule has 0 bridgehead atoms. The number of para-hydroxylation sites is 1. The summed E-state index contributed by atoms with van der Waals surface area (Å²) >= 11 is 0. The lowest BCUT2D eigenvalue weighted by atomic mass is 10.0. The average molecular weight is 379 g/mol. The van der Waals surface area contributed by atoms with E-state index in [1.165, 1.54) is 18.9 Å². The van der Waals surface area contributed by atoms with Gasteiger partial charge in [0.2, 0.25) is 0 Å². The maximum absolute atomic E-state index is 11.4. The minimum Gasteiger partial charge on any atom is -0.507 e. The Morgan fingerprint density at radius 1 is 1.07 bits per heavy atom. The van der Waals surface area contributed by atoms with Crippen molar-refractivity contribution < 1.29 is 19.7 Å². The molecule has 1 unspecified atom stereocenters. The van der Waals surface area contributed by atoms with Crippen LogP contribution in [0.3, 0.4) is 0 Å². The maximum Gasteiger partial charge on any atom is 0.341 e. The number of allylic oxidation sites excluding steroid dienone is 1. The molecule has 1 aromatic rings. The van der Waals surface area contributed by atoms with Gasteiger partial charge in [-0.05, 0) is 43.9 Å². The first-order valence-electron chi connectivity index (χ1n) is 10.3. The Morgan fingerprint density at radius 2 is 1.70 bits per heavy atom. The van der Waals surface area contributed by atoms with E-state index < -0.39 is 5.97 Å². The van der Waals surface area contributed by atoms with Crippen LogP contribution in [0.5, 0.6) is 5.75 Å². The van der Waals surface area contributed by atoms with Crippen LogP contribution in [0.25, 0.3) is 0 Å². The fourth-order valence-corrected chi connectivity index (χ4v) is 2.51. The molecule has 0 radical (unpaired) electrons. The van der Waals surface area contributed by atoms with Crippen LogP contribution in [0, 0.1) is 0 Å². The van der Waals surface area contributed by atoms with Gasteiger partial charge in [-0.2, -0.15) is 0 Å². The van der Waals surface area contributed by atoms with Gasteiger partial charge in [-0.1, -0.05) is 71.1 Å². The number of benzene rings is 1. The van der Waals surface area contributed by atoms with Crippen molar-refractivity contribution in [1.82, 2.24) is 0 Å². The second-order valence-electron chi connectivity index (χ2n) is 6.73.